The number of hydrogen-bond acceptors (Lipinski definition) is 7. The highest BCUT2D eigenvalue weighted by molar-refractivity contribution is 8.03. The zero-order valence-electron chi connectivity index (χ0n) is 15.4. The monoisotopic (exact) mass is 466 g/mol. The van der Waals surface area contributed by atoms with Gasteiger partial charge in [-0.2, -0.15) is 0 Å². The van der Waals surface area contributed by atoms with Crippen molar-refractivity contribution in [2.24, 2.45) is 0 Å². The normalized spacial score (nSPS) is 10.6. The van der Waals surface area contributed by atoms with Crippen molar-refractivity contribution in [1.82, 2.24) is 15.5 Å². The van der Waals surface area contributed by atoms with E-state index in [0.29, 0.717) is 20.9 Å². The van der Waals surface area contributed by atoms with Crippen LogP contribution in [0.15, 0.2) is 57.2 Å². The maximum Gasteiger partial charge on any atom is 0.234 e. The lowest BCUT2D eigenvalue weighted by molar-refractivity contribution is -0.118. The number of thioether (sulfide) groups is 2. The van der Waals surface area contributed by atoms with Crippen LogP contribution in [0, 0.1) is 11.6 Å². The van der Waals surface area contributed by atoms with Crippen LogP contribution < -0.4 is 10.6 Å². The molecule has 0 spiro atoms. The molecule has 0 radical (unpaired) electrons. The molecule has 0 saturated carbocycles. The van der Waals surface area contributed by atoms with E-state index in [0.717, 1.165) is 5.56 Å². The van der Waals surface area contributed by atoms with Crippen LogP contribution in [0.3, 0.4) is 0 Å². The minimum atomic E-state index is -0.370. The van der Waals surface area contributed by atoms with Gasteiger partial charge in [-0.25, -0.2) is 8.78 Å². The number of nitrogens with zero attached hydrogens (tertiary/aromatic N) is 2. The molecule has 0 aliphatic rings. The molecule has 2 amide bonds. The molecule has 11 heteroatoms. The topological polar surface area (TPSA) is 84.0 Å². The molecule has 0 aliphatic carbocycles. The van der Waals surface area contributed by atoms with Crippen molar-refractivity contribution < 1.29 is 18.4 Å². The lowest BCUT2D eigenvalue weighted by Gasteiger charge is -2.04. The Hall–Kier alpha value is -2.50. The number of carbonyl (C=O) groups is 2. The van der Waals surface area contributed by atoms with E-state index in [-0.39, 0.29) is 35.0 Å². The fourth-order valence-electron chi connectivity index (χ4n) is 2.15. The molecule has 6 nitrogen and oxygen atoms in total. The van der Waals surface area contributed by atoms with Gasteiger partial charge in [0.05, 0.1) is 11.5 Å². The second-order valence-electron chi connectivity index (χ2n) is 5.87. The third-order valence-electron chi connectivity index (χ3n) is 3.57. The van der Waals surface area contributed by atoms with E-state index in [1.54, 1.807) is 12.1 Å². The minimum Gasteiger partial charge on any atom is -0.351 e. The van der Waals surface area contributed by atoms with E-state index >= 15 is 0 Å². The Balaban J connectivity index is 1.37. The van der Waals surface area contributed by atoms with Gasteiger partial charge in [-0.15, -0.1) is 10.2 Å². The number of anilines is 1. The number of halogens is 2. The molecular weight excluding hydrogens is 450 g/mol. The SMILES string of the molecule is O=C(CSc1nnc(SCC(=O)Nc2ccc(F)cc2)s1)NCc1ccc(F)cc1. The summed E-state index contributed by atoms with van der Waals surface area (Å²) in [6, 6.07) is 11.4. The molecule has 1 aromatic heterocycles. The predicted molar refractivity (Wildman–Crippen MR) is 115 cm³/mol. The zero-order chi connectivity index (χ0) is 21.3. The molecule has 2 aromatic carbocycles. The van der Waals surface area contributed by atoms with Gasteiger partial charge in [0.2, 0.25) is 11.8 Å². The Labute approximate surface area is 183 Å². The molecular formula is C19H16F2N4O2S3. The minimum absolute atomic E-state index is 0.134. The summed E-state index contributed by atoms with van der Waals surface area (Å²) in [6.07, 6.45) is 0. The van der Waals surface area contributed by atoms with E-state index < -0.39 is 0 Å². The number of rotatable bonds is 9. The lowest BCUT2D eigenvalue weighted by Crippen LogP contribution is -2.24. The molecule has 3 aromatic rings. The van der Waals surface area contributed by atoms with Crippen molar-refractivity contribution in [3.8, 4) is 0 Å². The van der Waals surface area contributed by atoms with Crippen LogP contribution in [-0.2, 0) is 16.1 Å². The first kappa shape index (κ1) is 22.2. The van der Waals surface area contributed by atoms with Crippen molar-refractivity contribution in [3.05, 3.63) is 65.7 Å². The van der Waals surface area contributed by atoms with Gasteiger partial charge in [0, 0.05) is 12.2 Å². The summed E-state index contributed by atoms with van der Waals surface area (Å²) in [5.74, 6) is -0.798. The van der Waals surface area contributed by atoms with Gasteiger partial charge in [0.25, 0.3) is 0 Å². The molecule has 0 aliphatic heterocycles. The molecule has 2 N–H and O–H groups in total. The second-order valence-corrected chi connectivity index (χ2v) is 9.29. The Bertz CT molecular complexity index is 998. The third-order valence-corrected chi connectivity index (χ3v) is 6.76. The molecule has 0 bridgehead atoms. The van der Waals surface area contributed by atoms with E-state index in [4.69, 9.17) is 0 Å². The molecule has 0 fully saturated rings. The van der Waals surface area contributed by atoms with Crippen LogP contribution >= 0.6 is 34.9 Å². The van der Waals surface area contributed by atoms with E-state index in [9.17, 15) is 18.4 Å². The Morgan fingerprint density at radius 1 is 0.833 bits per heavy atom. The summed E-state index contributed by atoms with van der Waals surface area (Å²) in [5.41, 5.74) is 1.32. The number of aromatic nitrogens is 2. The van der Waals surface area contributed by atoms with Gasteiger partial charge < -0.3 is 10.6 Å². The molecule has 1 heterocycles. The van der Waals surface area contributed by atoms with Crippen molar-refractivity contribution in [3.63, 3.8) is 0 Å². The summed E-state index contributed by atoms with van der Waals surface area (Å²) >= 11 is 3.77. The summed E-state index contributed by atoms with van der Waals surface area (Å²) in [4.78, 5) is 23.9. The van der Waals surface area contributed by atoms with E-state index in [1.165, 1.54) is 71.3 Å². The summed E-state index contributed by atoms with van der Waals surface area (Å²) in [5, 5.41) is 13.4. The van der Waals surface area contributed by atoms with E-state index in [2.05, 4.69) is 20.8 Å². The highest BCUT2D eigenvalue weighted by atomic mass is 32.2. The fourth-order valence-corrected chi connectivity index (χ4v) is 4.80. The van der Waals surface area contributed by atoms with Crippen LogP contribution in [-0.4, -0.2) is 33.5 Å². The van der Waals surface area contributed by atoms with Gasteiger partial charge in [0.1, 0.15) is 11.6 Å². The number of amides is 2. The summed E-state index contributed by atoms with van der Waals surface area (Å²) < 4.78 is 27.0. The number of nitrogens with one attached hydrogen (secondary N) is 2. The van der Waals surface area contributed by atoms with Gasteiger partial charge in [-0.3, -0.25) is 9.59 Å². The van der Waals surface area contributed by atoms with Crippen molar-refractivity contribution in [2.45, 2.75) is 15.2 Å². The Kier molecular flexibility index (Phi) is 8.17. The maximum absolute atomic E-state index is 12.9. The highest BCUT2D eigenvalue weighted by Crippen LogP contribution is 2.28. The fraction of sp³-hybridized carbons (Fsp3) is 0.158. The summed E-state index contributed by atoms with van der Waals surface area (Å²) in [6.45, 7) is 0.320. The molecule has 3 rings (SSSR count). The van der Waals surface area contributed by atoms with Gasteiger partial charge in [-0.1, -0.05) is 47.0 Å². The van der Waals surface area contributed by atoms with Gasteiger partial charge in [-0.05, 0) is 42.0 Å². The molecule has 0 atom stereocenters. The third kappa shape index (κ3) is 7.39. The van der Waals surface area contributed by atoms with Gasteiger partial charge in [0.15, 0.2) is 8.68 Å². The first-order valence-electron chi connectivity index (χ1n) is 8.63. The highest BCUT2D eigenvalue weighted by Gasteiger charge is 2.11. The average molecular weight is 467 g/mol. The van der Waals surface area contributed by atoms with Crippen molar-refractivity contribution in [1.29, 1.82) is 0 Å². The number of hydrogen-bond donors (Lipinski definition) is 2. The van der Waals surface area contributed by atoms with Crippen LogP contribution in [0.1, 0.15) is 5.56 Å². The van der Waals surface area contributed by atoms with Crippen LogP contribution in [0.2, 0.25) is 0 Å². The Morgan fingerprint density at radius 3 is 1.97 bits per heavy atom. The van der Waals surface area contributed by atoms with E-state index in [1.807, 2.05) is 0 Å². The maximum atomic E-state index is 12.9. The first-order valence-corrected chi connectivity index (χ1v) is 11.4. The predicted octanol–water partition coefficient (Wildman–Crippen LogP) is 3.96. The van der Waals surface area contributed by atoms with Crippen molar-refractivity contribution >= 4 is 52.4 Å². The average Bonchev–Trinajstić information content (AvgIpc) is 3.20. The first-order chi connectivity index (χ1) is 14.5. The largest absolute Gasteiger partial charge is 0.351 e. The van der Waals surface area contributed by atoms with Gasteiger partial charge >= 0.3 is 0 Å². The number of benzene rings is 2. The quantitative estimate of drug-likeness (QED) is 0.465. The lowest BCUT2D eigenvalue weighted by atomic mass is 10.2. The van der Waals surface area contributed by atoms with Crippen LogP contribution in [0.25, 0.3) is 0 Å². The smallest absolute Gasteiger partial charge is 0.234 e. The molecule has 156 valence electrons. The zero-order valence-corrected chi connectivity index (χ0v) is 17.9. The van der Waals surface area contributed by atoms with Crippen LogP contribution in [0.4, 0.5) is 14.5 Å². The standard InChI is InChI=1S/C19H16F2N4O2S3/c20-13-3-1-12(2-4-13)9-22-16(26)10-28-18-24-25-19(30-18)29-11-17(27)23-15-7-5-14(21)6-8-15/h1-8H,9-11H2,(H,22,26)(H,23,27). The Morgan fingerprint density at radius 2 is 1.37 bits per heavy atom. The number of carbonyl (C=O) groups excluding carboxylic acids is 2. The molecule has 0 saturated heterocycles. The second kappa shape index (κ2) is 11.0. The molecule has 0 unspecified atom stereocenters. The molecule has 30 heavy (non-hydrogen) atoms. The van der Waals surface area contributed by atoms with Crippen LogP contribution in [0.5, 0.6) is 0 Å². The van der Waals surface area contributed by atoms with Crippen molar-refractivity contribution in [2.75, 3.05) is 16.8 Å². The summed E-state index contributed by atoms with van der Waals surface area (Å²) in [7, 11) is 0.